The highest BCUT2D eigenvalue weighted by Gasteiger charge is 2.44. The van der Waals surface area contributed by atoms with Gasteiger partial charge in [0, 0.05) is 26.6 Å². The van der Waals surface area contributed by atoms with Gasteiger partial charge >= 0.3 is 24.4 Å². The molecule has 1 aromatic carbocycles. The molecule has 2 aliphatic rings. The summed E-state index contributed by atoms with van der Waals surface area (Å²) in [6.45, 7) is 6.18. The molecule has 0 bridgehead atoms. The number of benzene rings is 1. The molecule has 2 fully saturated rings. The maximum Gasteiger partial charge on any atom is 0.416 e. The van der Waals surface area contributed by atoms with E-state index >= 15 is 0 Å². The van der Waals surface area contributed by atoms with Gasteiger partial charge in [-0.15, -0.1) is 0 Å². The zero-order chi connectivity index (χ0) is 35.8. The van der Waals surface area contributed by atoms with E-state index in [1.807, 2.05) is 24.8 Å². The Morgan fingerprint density at radius 2 is 1.63 bits per heavy atom. The van der Waals surface area contributed by atoms with Gasteiger partial charge in [0.05, 0.1) is 41.3 Å². The third-order valence-electron chi connectivity index (χ3n) is 9.33. The second kappa shape index (κ2) is 13.9. The lowest BCUT2D eigenvalue weighted by atomic mass is 9.80. The summed E-state index contributed by atoms with van der Waals surface area (Å²) in [6, 6.07) is 2.04. The Balaban J connectivity index is 1.46. The minimum Gasteiger partial charge on any atom is -0.481 e. The van der Waals surface area contributed by atoms with Gasteiger partial charge < -0.3 is 14.7 Å². The van der Waals surface area contributed by atoms with E-state index in [0.717, 1.165) is 31.4 Å². The van der Waals surface area contributed by atoms with Crippen LogP contribution in [0.4, 0.5) is 37.0 Å². The maximum absolute atomic E-state index is 13.6. The highest BCUT2D eigenvalue weighted by molar-refractivity contribution is 5.71. The fourth-order valence-electron chi connectivity index (χ4n) is 6.77. The molecule has 266 valence electrons. The second-order valence-corrected chi connectivity index (χ2v) is 12.9. The van der Waals surface area contributed by atoms with Gasteiger partial charge in [-0.2, -0.15) is 31.4 Å². The molecular weight excluding hydrogens is 658 g/mol. The van der Waals surface area contributed by atoms with Crippen molar-refractivity contribution in [1.29, 1.82) is 0 Å². The van der Waals surface area contributed by atoms with Crippen molar-refractivity contribution in [3.63, 3.8) is 0 Å². The first-order valence-corrected chi connectivity index (χ1v) is 16.0. The Morgan fingerprint density at radius 1 is 1.02 bits per heavy atom. The molecule has 1 aliphatic carbocycles. The highest BCUT2D eigenvalue weighted by atomic mass is 19.4. The van der Waals surface area contributed by atoms with Gasteiger partial charge in [-0.25, -0.2) is 14.8 Å². The number of rotatable bonds is 10. The van der Waals surface area contributed by atoms with Gasteiger partial charge in [-0.05, 0) is 88.1 Å². The van der Waals surface area contributed by atoms with Crippen molar-refractivity contribution in [2.24, 2.45) is 18.9 Å². The average molecular weight is 697 g/mol. The molecule has 10 nitrogen and oxygen atoms in total. The number of aryl methyl sites for hydroxylation is 2. The van der Waals surface area contributed by atoms with Crippen molar-refractivity contribution >= 4 is 17.9 Å². The summed E-state index contributed by atoms with van der Waals surface area (Å²) in [5.41, 5.74) is -1.22. The normalized spacial score (nSPS) is 21.6. The van der Waals surface area contributed by atoms with Gasteiger partial charge in [0.25, 0.3) is 0 Å². The van der Waals surface area contributed by atoms with Gasteiger partial charge in [0.15, 0.2) is 5.82 Å². The van der Waals surface area contributed by atoms with Crippen molar-refractivity contribution in [3.8, 4) is 11.4 Å². The smallest absolute Gasteiger partial charge is 0.416 e. The largest absolute Gasteiger partial charge is 0.481 e. The molecule has 2 atom stereocenters. The number of carboxylic acids is 1. The quantitative estimate of drug-likeness (QED) is 0.218. The van der Waals surface area contributed by atoms with E-state index in [9.17, 15) is 41.0 Å². The maximum atomic E-state index is 13.6. The van der Waals surface area contributed by atoms with E-state index in [1.165, 1.54) is 11.8 Å². The van der Waals surface area contributed by atoms with Crippen LogP contribution in [0.3, 0.4) is 0 Å². The summed E-state index contributed by atoms with van der Waals surface area (Å²) in [4.78, 5) is 37.3. The van der Waals surface area contributed by atoms with E-state index in [1.54, 1.807) is 17.9 Å². The summed E-state index contributed by atoms with van der Waals surface area (Å²) in [7, 11) is 1.74. The van der Waals surface area contributed by atoms with Crippen LogP contribution in [0, 0.1) is 18.8 Å². The first kappa shape index (κ1) is 35.9. The first-order valence-electron chi connectivity index (χ1n) is 16.0. The van der Waals surface area contributed by atoms with E-state index in [-0.39, 0.29) is 30.9 Å². The number of amides is 1. The van der Waals surface area contributed by atoms with Crippen LogP contribution < -0.4 is 4.90 Å². The van der Waals surface area contributed by atoms with Crippen molar-refractivity contribution in [3.05, 3.63) is 58.5 Å². The molecule has 0 spiro atoms. The SMILES string of the molecule is CCN(CC1CCC(CC(=O)O)CC1)c1ncc(-c2cc(C)nn2C)nc1CN1C(=O)OC(c2cc(C(F)(F)F)cc(C(F)(F)F)c2)[C@@H]1C. The van der Waals surface area contributed by atoms with Crippen LogP contribution in [0.1, 0.15) is 80.1 Å². The van der Waals surface area contributed by atoms with Gasteiger partial charge in [0.2, 0.25) is 0 Å². The van der Waals surface area contributed by atoms with Crippen molar-refractivity contribution in [2.75, 3.05) is 18.0 Å². The number of carbonyl (C=O) groups excluding carboxylic acids is 1. The van der Waals surface area contributed by atoms with Crippen molar-refractivity contribution in [2.45, 2.75) is 83.9 Å². The molecule has 5 rings (SSSR count). The molecule has 1 N–H and O–H groups in total. The molecule has 0 radical (unpaired) electrons. The monoisotopic (exact) mass is 696 g/mol. The number of ether oxygens (including phenoxy) is 1. The third kappa shape index (κ3) is 8.10. The molecule has 1 unspecified atom stereocenters. The fraction of sp³-hybridized carbons (Fsp3) is 0.545. The number of halogens is 6. The minimum absolute atomic E-state index is 0.0359. The zero-order valence-corrected chi connectivity index (χ0v) is 27.5. The Hall–Kier alpha value is -4.37. The number of aromatic nitrogens is 4. The number of hydrogen-bond acceptors (Lipinski definition) is 7. The number of aliphatic carboxylic acids is 1. The van der Waals surface area contributed by atoms with Crippen LogP contribution in [-0.4, -0.2) is 60.9 Å². The lowest BCUT2D eigenvalue weighted by Gasteiger charge is -2.33. The standard InChI is InChI=1S/C33H38F6N6O4/c1-5-44(16-21-8-6-20(7-9-21)11-28(46)47)30-26(41-25(15-40-30)27-10-18(2)42-43(27)4)17-45-19(3)29(49-31(45)48)22-12-23(32(34,35)36)14-24(13-22)33(37,38)39/h10,12-15,19-21,29H,5-9,11,16-17H2,1-4H3,(H,46,47)/t19-,20?,21?,29?/m0/s1. The summed E-state index contributed by atoms with van der Waals surface area (Å²) in [5.74, 6) is 0.0380. The van der Waals surface area contributed by atoms with E-state index in [4.69, 9.17) is 14.7 Å². The summed E-state index contributed by atoms with van der Waals surface area (Å²) in [6.07, 6.45) is -7.49. The molecule has 16 heteroatoms. The molecule has 1 saturated carbocycles. The molecule has 1 saturated heterocycles. The number of alkyl halides is 6. The molecule has 2 aromatic heterocycles. The fourth-order valence-corrected chi connectivity index (χ4v) is 6.77. The first-order chi connectivity index (χ1) is 22.9. The second-order valence-electron chi connectivity index (χ2n) is 12.9. The van der Waals surface area contributed by atoms with Gasteiger partial charge in [0.1, 0.15) is 17.5 Å². The highest BCUT2D eigenvalue weighted by Crippen LogP contribution is 2.41. The van der Waals surface area contributed by atoms with E-state index in [2.05, 4.69) is 5.10 Å². The van der Waals surface area contributed by atoms with E-state index < -0.39 is 53.3 Å². The summed E-state index contributed by atoms with van der Waals surface area (Å²) in [5, 5.41) is 13.6. The lowest BCUT2D eigenvalue weighted by molar-refractivity contribution is -0.143. The molecule has 3 heterocycles. The third-order valence-corrected chi connectivity index (χ3v) is 9.33. The average Bonchev–Trinajstić information content (AvgIpc) is 3.51. The topological polar surface area (TPSA) is 114 Å². The van der Waals surface area contributed by atoms with Crippen molar-refractivity contribution in [1.82, 2.24) is 24.6 Å². The Morgan fingerprint density at radius 3 is 2.16 bits per heavy atom. The predicted molar refractivity (Wildman–Crippen MR) is 165 cm³/mol. The lowest BCUT2D eigenvalue weighted by Crippen LogP contribution is -2.36. The number of carboxylic acid groups (broad SMARTS) is 1. The van der Waals surface area contributed by atoms with Crippen LogP contribution in [0.15, 0.2) is 30.5 Å². The number of carbonyl (C=O) groups is 2. The molecule has 3 aromatic rings. The number of hydrogen-bond donors (Lipinski definition) is 1. The zero-order valence-electron chi connectivity index (χ0n) is 27.5. The van der Waals surface area contributed by atoms with Crippen molar-refractivity contribution < 1.29 is 45.8 Å². The molecule has 49 heavy (non-hydrogen) atoms. The summed E-state index contributed by atoms with van der Waals surface area (Å²) >= 11 is 0. The van der Waals surface area contributed by atoms with Crippen LogP contribution in [0.2, 0.25) is 0 Å². The number of nitrogens with zero attached hydrogens (tertiary/aromatic N) is 6. The van der Waals surface area contributed by atoms with Gasteiger partial charge in [-0.3, -0.25) is 14.4 Å². The van der Waals surface area contributed by atoms with Crippen LogP contribution in [0.5, 0.6) is 0 Å². The summed E-state index contributed by atoms with van der Waals surface area (Å²) < 4.78 is 88.8. The Bertz CT molecular complexity index is 1650. The predicted octanol–water partition coefficient (Wildman–Crippen LogP) is 7.41. The number of anilines is 1. The molecule has 1 amide bonds. The number of cyclic esters (lactones) is 1. The Kier molecular flexibility index (Phi) is 10.2. The molecular formula is C33H38F6N6O4. The minimum atomic E-state index is -5.06. The van der Waals surface area contributed by atoms with Crippen LogP contribution in [-0.2, 0) is 35.5 Å². The molecule has 1 aliphatic heterocycles. The van der Waals surface area contributed by atoms with E-state index in [0.29, 0.717) is 48.1 Å². The van der Waals surface area contributed by atoms with Crippen LogP contribution in [0.25, 0.3) is 11.4 Å². The van der Waals surface area contributed by atoms with Gasteiger partial charge in [-0.1, -0.05) is 0 Å². The Labute approximate surface area is 279 Å². The van der Waals surface area contributed by atoms with Crippen LogP contribution >= 0.6 is 0 Å².